The molecule has 0 saturated heterocycles. The Morgan fingerprint density at radius 2 is 1.64 bits per heavy atom. The highest BCUT2D eigenvalue weighted by molar-refractivity contribution is 5.84. The zero-order chi connectivity index (χ0) is 17.5. The number of aryl methyl sites for hydroxylation is 1. The van der Waals surface area contributed by atoms with Crippen LogP contribution in [0.3, 0.4) is 0 Å². The first-order valence-electron chi connectivity index (χ1n) is 8.93. The molecule has 3 N–H and O–H groups in total. The minimum Gasteiger partial charge on any atom is -0.395 e. The Bertz CT molecular complexity index is 810. The summed E-state index contributed by atoms with van der Waals surface area (Å²) in [5.41, 5.74) is 5.29. The van der Waals surface area contributed by atoms with Gasteiger partial charge in [0.15, 0.2) is 0 Å². The Morgan fingerprint density at radius 3 is 2.48 bits per heavy atom. The highest BCUT2D eigenvalue weighted by atomic mass is 16.3. The van der Waals surface area contributed by atoms with E-state index >= 15 is 0 Å². The van der Waals surface area contributed by atoms with Crippen LogP contribution in [0.2, 0.25) is 0 Å². The molecule has 2 aromatic carbocycles. The molecule has 25 heavy (non-hydrogen) atoms. The summed E-state index contributed by atoms with van der Waals surface area (Å²) >= 11 is 0. The molecule has 4 nitrogen and oxygen atoms in total. The summed E-state index contributed by atoms with van der Waals surface area (Å²) in [6, 6.07) is 17.2. The summed E-state index contributed by atoms with van der Waals surface area (Å²) in [5, 5.41) is 16.8. The molecule has 0 atom stereocenters. The molecule has 0 aliphatic heterocycles. The zero-order valence-electron chi connectivity index (χ0n) is 14.8. The Balaban J connectivity index is 1.73. The molecule has 0 bridgehead atoms. The van der Waals surface area contributed by atoms with Crippen LogP contribution in [0.1, 0.15) is 16.7 Å². The van der Waals surface area contributed by atoms with Gasteiger partial charge in [0, 0.05) is 49.8 Å². The standard InChI is InChI=1S/C21H27N3O/c1-17-6-2-3-7-18(17)15-24-16-19(14-23-11-10-22-12-13-25)20-8-4-5-9-21(20)24/h2-9,16,22-23,25H,10-15H2,1H3. The first-order valence-corrected chi connectivity index (χ1v) is 8.93. The Kier molecular flexibility index (Phi) is 6.23. The molecule has 4 heteroatoms. The maximum Gasteiger partial charge on any atom is 0.0555 e. The maximum absolute atomic E-state index is 8.78. The number of nitrogens with zero attached hydrogens (tertiary/aromatic N) is 1. The summed E-state index contributed by atoms with van der Waals surface area (Å²) in [7, 11) is 0. The van der Waals surface area contributed by atoms with Crippen LogP contribution >= 0.6 is 0 Å². The van der Waals surface area contributed by atoms with Crippen LogP contribution in [0.25, 0.3) is 10.9 Å². The molecule has 0 unspecified atom stereocenters. The average molecular weight is 337 g/mol. The van der Waals surface area contributed by atoms with Crippen molar-refractivity contribution in [3.63, 3.8) is 0 Å². The lowest BCUT2D eigenvalue weighted by Gasteiger charge is -2.08. The van der Waals surface area contributed by atoms with Gasteiger partial charge in [-0.25, -0.2) is 0 Å². The molecule has 0 fully saturated rings. The van der Waals surface area contributed by atoms with Crippen molar-refractivity contribution in [2.75, 3.05) is 26.2 Å². The lowest BCUT2D eigenvalue weighted by molar-refractivity contribution is 0.292. The number of para-hydroxylation sites is 1. The normalized spacial score (nSPS) is 11.3. The number of aliphatic hydroxyl groups is 1. The van der Waals surface area contributed by atoms with Crippen molar-refractivity contribution in [1.82, 2.24) is 15.2 Å². The summed E-state index contributed by atoms with van der Waals surface area (Å²) in [5.74, 6) is 0. The average Bonchev–Trinajstić information content (AvgIpc) is 2.98. The second-order valence-corrected chi connectivity index (χ2v) is 6.38. The minimum atomic E-state index is 0.187. The number of rotatable bonds is 9. The van der Waals surface area contributed by atoms with Gasteiger partial charge in [-0.3, -0.25) is 0 Å². The number of hydrogen-bond acceptors (Lipinski definition) is 3. The summed E-state index contributed by atoms with van der Waals surface area (Å²) in [6.07, 6.45) is 2.27. The smallest absolute Gasteiger partial charge is 0.0555 e. The van der Waals surface area contributed by atoms with Crippen LogP contribution in [0.4, 0.5) is 0 Å². The summed E-state index contributed by atoms with van der Waals surface area (Å²) < 4.78 is 2.35. The summed E-state index contributed by atoms with van der Waals surface area (Å²) in [6.45, 7) is 6.50. The number of aliphatic hydroxyl groups excluding tert-OH is 1. The first-order chi connectivity index (χ1) is 12.3. The van der Waals surface area contributed by atoms with Gasteiger partial charge in [0.1, 0.15) is 0 Å². The van der Waals surface area contributed by atoms with Crippen LogP contribution in [-0.2, 0) is 13.1 Å². The van der Waals surface area contributed by atoms with Crippen molar-refractivity contribution in [2.45, 2.75) is 20.0 Å². The van der Waals surface area contributed by atoms with Gasteiger partial charge in [0.25, 0.3) is 0 Å². The third-order valence-electron chi connectivity index (χ3n) is 4.56. The van der Waals surface area contributed by atoms with Crippen LogP contribution in [0, 0.1) is 6.92 Å². The Morgan fingerprint density at radius 1 is 0.880 bits per heavy atom. The Labute approximate surface area is 149 Å². The quantitative estimate of drug-likeness (QED) is 0.526. The Hall–Kier alpha value is -2.14. The van der Waals surface area contributed by atoms with Crippen molar-refractivity contribution < 1.29 is 5.11 Å². The van der Waals surface area contributed by atoms with E-state index in [0.717, 1.165) is 26.2 Å². The van der Waals surface area contributed by atoms with Gasteiger partial charge in [0.05, 0.1) is 6.61 Å². The highest BCUT2D eigenvalue weighted by Crippen LogP contribution is 2.23. The van der Waals surface area contributed by atoms with E-state index < -0.39 is 0 Å². The third-order valence-corrected chi connectivity index (χ3v) is 4.56. The van der Waals surface area contributed by atoms with Gasteiger partial charge in [0.2, 0.25) is 0 Å². The molecule has 0 aliphatic carbocycles. The van der Waals surface area contributed by atoms with Gasteiger partial charge in [-0.2, -0.15) is 0 Å². The van der Waals surface area contributed by atoms with Crippen molar-refractivity contribution in [1.29, 1.82) is 0 Å². The summed E-state index contributed by atoms with van der Waals surface area (Å²) in [4.78, 5) is 0. The number of aromatic nitrogens is 1. The minimum absolute atomic E-state index is 0.187. The van der Waals surface area contributed by atoms with E-state index in [0.29, 0.717) is 6.54 Å². The fraction of sp³-hybridized carbons (Fsp3) is 0.333. The third kappa shape index (κ3) is 4.48. The first kappa shape index (κ1) is 17.7. The van der Waals surface area contributed by atoms with Crippen molar-refractivity contribution in [3.05, 3.63) is 71.4 Å². The molecule has 0 spiro atoms. The second kappa shape index (κ2) is 8.81. The molecule has 0 saturated carbocycles. The number of fused-ring (bicyclic) bond motifs is 1. The maximum atomic E-state index is 8.78. The lowest BCUT2D eigenvalue weighted by Crippen LogP contribution is -2.28. The van der Waals surface area contributed by atoms with E-state index in [9.17, 15) is 0 Å². The van der Waals surface area contributed by atoms with Crippen LogP contribution < -0.4 is 10.6 Å². The van der Waals surface area contributed by atoms with Gasteiger partial charge in [-0.05, 0) is 29.7 Å². The van der Waals surface area contributed by atoms with Gasteiger partial charge < -0.3 is 20.3 Å². The molecule has 0 amide bonds. The van der Waals surface area contributed by atoms with Crippen LogP contribution in [-0.4, -0.2) is 35.9 Å². The van der Waals surface area contributed by atoms with Gasteiger partial charge >= 0.3 is 0 Å². The number of benzene rings is 2. The molecule has 1 aromatic heterocycles. The van der Waals surface area contributed by atoms with Crippen molar-refractivity contribution >= 4 is 10.9 Å². The predicted octanol–water partition coefficient (Wildman–Crippen LogP) is 2.67. The lowest BCUT2D eigenvalue weighted by atomic mass is 10.1. The molecule has 0 radical (unpaired) electrons. The van der Waals surface area contributed by atoms with Crippen molar-refractivity contribution in [3.8, 4) is 0 Å². The van der Waals surface area contributed by atoms with E-state index in [2.05, 4.69) is 76.9 Å². The van der Waals surface area contributed by atoms with Gasteiger partial charge in [-0.1, -0.05) is 42.5 Å². The van der Waals surface area contributed by atoms with Crippen LogP contribution in [0.5, 0.6) is 0 Å². The number of hydrogen-bond donors (Lipinski definition) is 3. The zero-order valence-corrected chi connectivity index (χ0v) is 14.8. The van der Waals surface area contributed by atoms with E-state index in [1.165, 1.54) is 27.6 Å². The highest BCUT2D eigenvalue weighted by Gasteiger charge is 2.09. The van der Waals surface area contributed by atoms with Crippen molar-refractivity contribution in [2.24, 2.45) is 0 Å². The van der Waals surface area contributed by atoms with E-state index in [1.807, 2.05) is 0 Å². The van der Waals surface area contributed by atoms with Gasteiger partial charge in [-0.15, -0.1) is 0 Å². The van der Waals surface area contributed by atoms with Crippen LogP contribution in [0.15, 0.2) is 54.7 Å². The fourth-order valence-corrected chi connectivity index (χ4v) is 3.17. The largest absolute Gasteiger partial charge is 0.395 e. The monoisotopic (exact) mass is 337 g/mol. The molecule has 132 valence electrons. The number of nitrogens with one attached hydrogen (secondary N) is 2. The fourth-order valence-electron chi connectivity index (χ4n) is 3.17. The molecule has 3 rings (SSSR count). The molecular weight excluding hydrogens is 310 g/mol. The van der Waals surface area contributed by atoms with E-state index in [4.69, 9.17) is 5.11 Å². The SMILES string of the molecule is Cc1ccccc1Cn1cc(CNCCNCCO)c2ccccc21. The molecular formula is C21H27N3O. The van der Waals surface area contributed by atoms with E-state index in [-0.39, 0.29) is 6.61 Å². The topological polar surface area (TPSA) is 49.2 Å². The molecule has 3 aromatic rings. The van der Waals surface area contributed by atoms with E-state index in [1.54, 1.807) is 0 Å². The molecule has 0 aliphatic rings. The predicted molar refractivity (Wildman–Crippen MR) is 104 cm³/mol. The molecule has 1 heterocycles. The second-order valence-electron chi connectivity index (χ2n) is 6.38.